The van der Waals surface area contributed by atoms with Crippen molar-refractivity contribution in [3.05, 3.63) is 0 Å². The SMILES string of the molecule is CC(C)CCCCCCCCCCN(C(CN)(CCO)CCO)C(CN)(CCO)CCO. The Bertz CT molecular complexity index is 388. The van der Waals surface area contributed by atoms with Crippen molar-refractivity contribution in [1.29, 1.82) is 0 Å². The van der Waals surface area contributed by atoms with Gasteiger partial charge in [0.15, 0.2) is 0 Å². The molecule has 0 aromatic carbocycles. The van der Waals surface area contributed by atoms with Crippen LogP contribution in [-0.4, -0.2) is 82.5 Å². The van der Waals surface area contributed by atoms with Crippen molar-refractivity contribution < 1.29 is 20.4 Å². The second-order valence-electron chi connectivity index (χ2n) is 9.91. The first-order chi connectivity index (χ1) is 15.4. The van der Waals surface area contributed by atoms with Crippen LogP contribution in [0.15, 0.2) is 0 Å². The highest BCUT2D eigenvalue weighted by molar-refractivity contribution is 5.03. The van der Waals surface area contributed by atoms with Crippen LogP contribution in [-0.2, 0) is 0 Å². The molecule has 0 fully saturated rings. The number of aliphatic hydroxyl groups excluding tert-OH is 4. The Balaban J connectivity index is 5.03. The molecule has 32 heavy (non-hydrogen) atoms. The molecule has 0 saturated heterocycles. The molecule has 0 atom stereocenters. The lowest BCUT2D eigenvalue weighted by Crippen LogP contribution is -2.67. The summed E-state index contributed by atoms with van der Waals surface area (Å²) in [4.78, 5) is 2.23. The van der Waals surface area contributed by atoms with Crippen LogP contribution in [0.2, 0.25) is 0 Å². The number of hydrogen-bond donors (Lipinski definition) is 6. The number of rotatable bonds is 23. The minimum atomic E-state index is -0.608. The third-order valence-electron chi connectivity index (χ3n) is 7.13. The molecule has 194 valence electrons. The van der Waals surface area contributed by atoms with Crippen molar-refractivity contribution in [2.45, 2.75) is 108 Å². The predicted octanol–water partition coefficient (Wildman–Crippen LogP) is 2.38. The summed E-state index contributed by atoms with van der Waals surface area (Å²) in [5, 5.41) is 39.1. The van der Waals surface area contributed by atoms with Crippen molar-refractivity contribution in [2.75, 3.05) is 46.1 Å². The van der Waals surface area contributed by atoms with Gasteiger partial charge in [0.1, 0.15) is 0 Å². The second kappa shape index (κ2) is 19.1. The Morgan fingerprint density at radius 1 is 0.594 bits per heavy atom. The summed E-state index contributed by atoms with van der Waals surface area (Å²) in [7, 11) is 0. The monoisotopic (exact) mass is 461 g/mol. The summed E-state index contributed by atoms with van der Waals surface area (Å²) >= 11 is 0. The number of nitrogens with zero attached hydrogens (tertiary/aromatic N) is 1. The maximum Gasteiger partial charge on any atom is 0.0449 e. The topological polar surface area (TPSA) is 136 Å². The molecular weight excluding hydrogens is 406 g/mol. The quantitative estimate of drug-likeness (QED) is 0.129. The highest BCUT2D eigenvalue weighted by Gasteiger charge is 2.45. The van der Waals surface area contributed by atoms with E-state index < -0.39 is 11.1 Å². The fourth-order valence-corrected chi connectivity index (χ4v) is 5.11. The highest BCUT2D eigenvalue weighted by Crippen LogP contribution is 2.35. The van der Waals surface area contributed by atoms with Crippen molar-refractivity contribution in [3.8, 4) is 0 Å². The number of unbranched alkanes of at least 4 members (excludes halogenated alkanes) is 7. The smallest absolute Gasteiger partial charge is 0.0449 e. The van der Waals surface area contributed by atoms with Gasteiger partial charge in [-0.1, -0.05) is 65.2 Å². The van der Waals surface area contributed by atoms with Crippen molar-refractivity contribution in [1.82, 2.24) is 4.90 Å². The summed E-state index contributed by atoms with van der Waals surface area (Å²) in [6.07, 6.45) is 12.8. The first-order valence-corrected chi connectivity index (χ1v) is 13.0. The van der Waals surface area contributed by atoms with Gasteiger partial charge >= 0.3 is 0 Å². The summed E-state index contributed by atoms with van der Waals surface area (Å²) in [5.74, 6) is 0.799. The van der Waals surface area contributed by atoms with Gasteiger partial charge in [-0.25, -0.2) is 0 Å². The zero-order valence-corrected chi connectivity index (χ0v) is 21.1. The van der Waals surface area contributed by atoms with Crippen LogP contribution in [0, 0.1) is 5.92 Å². The first kappa shape index (κ1) is 31.7. The maximum atomic E-state index is 9.77. The molecule has 0 heterocycles. The number of nitrogens with two attached hydrogens (primary N) is 2. The van der Waals surface area contributed by atoms with Crippen LogP contribution in [0.3, 0.4) is 0 Å². The Labute approximate surface area is 197 Å². The van der Waals surface area contributed by atoms with Crippen LogP contribution in [0.5, 0.6) is 0 Å². The van der Waals surface area contributed by atoms with E-state index >= 15 is 0 Å². The summed E-state index contributed by atoms with van der Waals surface area (Å²) < 4.78 is 0. The molecule has 0 amide bonds. The lowest BCUT2D eigenvalue weighted by Gasteiger charge is -2.54. The van der Waals surface area contributed by atoms with Gasteiger partial charge in [-0.05, 0) is 44.6 Å². The van der Waals surface area contributed by atoms with Gasteiger partial charge in [0, 0.05) is 50.6 Å². The molecule has 0 radical (unpaired) electrons. The third kappa shape index (κ3) is 11.2. The molecular formula is C25H55N3O4. The minimum absolute atomic E-state index is 0.0383. The molecule has 0 saturated carbocycles. The maximum absolute atomic E-state index is 9.77. The third-order valence-corrected chi connectivity index (χ3v) is 7.13. The zero-order valence-electron chi connectivity index (χ0n) is 21.1. The van der Waals surface area contributed by atoms with Crippen molar-refractivity contribution in [3.63, 3.8) is 0 Å². The number of aliphatic hydroxyl groups is 4. The van der Waals surface area contributed by atoms with Crippen LogP contribution in [0.4, 0.5) is 0 Å². The van der Waals surface area contributed by atoms with Crippen LogP contribution in [0.25, 0.3) is 0 Å². The van der Waals surface area contributed by atoms with Crippen LogP contribution < -0.4 is 11.5 Å². The normalized spacial score (nSPS) is 12.9. The Kier molecular flexibility index (Phi) is 18.9. The van der Waals surface area contributed by atoms with E-state index in [-0.39, 0.29) is 39.5 Å². The van der Waals surface area contributed by atoms with E-state index in [0.29, 0.717) is 25.7 Å². The van der Waals surface area contributed by atoms with Gasteiger partial charge in [0.25, 0.3) is 0 Å². The molecule has 7 nitrogen and oxygen atoms in total. The van der Waals surface area contributed by atoms with E-state index in [9.17, 15) is 20.4 Å². The average Bonchev–Trinajstić information content (AvgIpc) is 2.77. The van der Waals surface area contributed by atoms with Crippen LogP contribution >= 0.6 is 0 Å². The van der Waals surface area contributed by atoms with Gasteiger partial charge in [-0.2, -0.15) is 0 Å². The molecule has 0 aliphatic carbocycles. The first-order valence-electron chi connectivity index (χ1n) is 13.0. The fraction of sp³-hybridized carbons (Fsp3) is 1.00. The van der Waals surface area contributed by atoms with Crippen molar-refractivity contribution >= 4 is 0 Å². The second-order valence-corrected chi connectivity index (χ2v) is 9.91. The zero-order chi connectivity index (χ0) is 24.3. The van der Waals surface area contributed by atoms with Crippen LogP contribution in [0.1, 0.15) is 97.3 Å². The molecule has 8 N–H and O–H groups in total. The van der Waals surface area contributed by atoms with Gasteiger partial charge in [0.2, 0.25) is 0 Å². The van der Waals surface area contributed by atoms with Gasteiger partial charge in [-0.15, -0.1) is 0 Å². The van der Waals surface area contributed by atoms with E-state index in [0.717, 1.165) is 25.3 Å². The van der Waals surface area contributed by atoms with Gasteiger partial charge in [-0.3, -0.25) is 4.90 Å². The number of hydrogen-bond acceptors (Lipinski definition) is 7. The van der Waals surface area contributed by atoms with E-state index in [4.69, 9.17) is 11.5 Å². The molecule has 0 aliphatic rings. The lowest BCUT2D eigenvalue weighted by molar-refractivity contribution is -0.0598. The Hall–Kier alpha value is -0.280. The summed E-state index contributed by atoms with van der Waals surface area (Å²) in [6, 6.07) is 0. The molecule has 0 bridgehead atoms. The fourth-order valence-electron chi connectivity index (χ4n) is 5.11. The van der Waals surface area contributed by atoms with Crippen molar-refractivity contribution in [2.24, 2.45) is 17.4 Å². The van der Waals surface area contributed by atoms with E-state index in [1.807, 2.05) is 0 Å². The molecule has 0 aromatic rings. The molecule has 0 rings (SSSR count). The molecule has 7 heteroatoms. The molecule has 0 unspecified atom stereocenters. The average molecular weight is 462 g/mol. The predicted molar refractivity (Wildman–Crippen MR) is 133 cm³/mol. The lowest BCUT2D eigenvalue weighted by atomic mass is 9.79. The van der Waals surface area contributed by atoms with Gasteiger partial charge < -0.3 is 31.9 Å². The molecule has 0 aromatic heterocycles. The highest BCUT2D eigenvalue weighted by atomic mass is 16.3. The summed E-state index contributed by atoms with van der Waals surface area (Å²) in [6.45, 7) is 5.70. The largest absolute Gasteiger partial charge is 0.396 e. The van der Waals surface area contributed by atoms with E-state index in [1.54, 1.807) is 0 Å². The standard InChI is InChI=1S/C25H55N3O4/c1-23(2)11-9-7-5-3-4-6-8-10-16-28(24(21-26,12-17-29)13-18-30)25(22-27,14-19-31)15-20-32/h23,29-32H,3-22,26-27H2,1-2H3. The minimum Gasteiger partial charge on any atom is -0.396 e. The van der Waals surface area contributed by atoms with E-state index in [2.05, 4.69) is 18.7 Å². The summed E-state index contributed by atoms with van der Waals surface area (Å²) in [5.41, 5.74) is 11.2. The molecule has 0 spiro atoms. The Morgan fingerprint density at radius 3 is 1.25 bits per heavy atom. The molecule has 0 aliphatic heterocycles. The van der Waals surface area contributed by atoms with Gasteiger partial charge in [0.05, 0.1) is 0 Å². The Morgan fingerprint density at radius 2 is 0.938 bits per heavy atom. The van der Waals surface area contributed by atoms with E-state index in [1.165, 1.54) is 44.9 Å².